The number of hydrogen-bond acceptors (Lipinski definition) is 4. The van der Waals surface area contributed by atoms with Crippen molar-refractivity contribution in [3.8, 4) is 6.07 Å². The van der Waals surface area contributed by atoms with Gasteiger partial charge in [0.05, 0.1) is 11.3 Å². The van der Waals surface area contributed by atoms with Gasteiger partial charge in [0.15, 0.2) is 0 Å². The molecule has 0 aromatic carbocycles. The molecule has 2 saturated heterocycles. The number of nitrogens with zero attached hydrogens (tertiary/aromatic N) is 2. The van der Waals surface area contributed by atoms with E-state index in [4.69, 9.17) is 5.26 Å². The Labute approximate surface area is 111 Å². The van der Waals surface area contributed by atoms with Crippen LogP contribution in [-0.4, -0.2) is 20.6 Å². The number of aromatic nitrogens is 1. The van der Waals surface area contributed by atoms with E-state index in [1.165, 1.54) is 19.3 Å². The Kier molecular flexibility index (Phi) is 3.04. The van der Waals surface area contributed by atoms with Crippen LogP contribution in [0.3, 0.4) is 0 Å². The van der Waals surface area contributed by atoms with E-state index >= 15 is 0 Å². The first-order valence-corrected chi connectivity index (χ1v) is 7.38. The van der Waals surface area contributed by atoms with Gasteiger partial charge in [0.1, 0.15) is 11.7 Å². The minimum atomic E-state index is -0.783. The molecule has 2 aliphatic rings. The number of hydrogen-bond donors (Lipinski definition) is 1. The van der Waals surface area contributed by atoms with Gasteiger partial charge in [-0.3, -0.25) is 4.98 Å². The highest BCUT2D eigenvalue weighted by Gasteiger charge is 2.43. The maximum atomic E-state index is 10.9. The van der Waals surface area contributed by atoms with Crippen molar-refractivity contribution in [3.63, 3.8) is 0 Å². The van der Waals surface area contributed by atoms with Gasteiger partial charge in [-0.15, -0.1) is 0 Å². The molecule has 0 amide bonds. The van der Waals surface area contributed by atoms with Crippen molar-refractivity contribution in [3.05, 3.63) is 29.6 Å². The largest absolute Gasteiger partial charge is 0.383 e. The van der Waals surface area contributed by atoms with Gasteiger partial charge in [0, 0.05) is 16.7 Å². The van der Waals surface area contributed by atoms with Gasteiger partial charge in [-0.1, -0.05) is 6.42 Å². The first-order chi connectivity index (χ1) is 8.69. The highest BCUT2D eigenvalue weighted by atomic mass is 32.2. The Hall–Kier alpha value is -1.05. The Bertz CT molecular complexity index is 468. The van der Waals surface area contributed by atoms with Crippen LogP contribution >= 0.6 is 11.8 Å². The van der Waals surface area contributed by atoms with Crippen molar-refractivity contribution >= 4 is 11.8 Å². The van der Waals surface area contributed by atoms with Crippen LogP contribution in [0.1, 0.15) is 43.4 Å². The zero-order chi connectivity index (χ0) is 12.6. The van der Waals surface area contributed by atoms with Gasteiger partial charge < -0.3 is 5.11 Å². The van der Waals surface area contributed by atoms with Gasteiger partial charge in [-0.05, 0) is 37.8 Å². The molecular weight excluding hydrogens is 244 g/mol. The summed E-state index contributed by atoms with van der Waals surface area (Å²) < 4.78 is 0. The molecule has 0 radical (unpaired) electrons. The third kappa shape index (κ3) is 2.13. The summed E-state index contributed by atoms with van der Waals surface area (Å²) in [5, 5.41) is 20.8. The zero-order valence-electron chi connectivity index (χ0n) is 10.2. The summed E-state index contributed by atoms with van der Waals surface area (Å²) in [6.07, 6.45) is 6.86. The van der Waals surface area contributed by atoms with E-state index in [1.54, 1.807) is 12.3 Å². The minimum absolute atomic E-state index is 0.549. The molecule has 2 fully saturated rings. The quantitative estimate of drug-likeness (QED) is 0.843. The first kappa shape index (κ1) is 12.0. The lowest BCUT2D eigenvalue weighted by Gasteiger charge is -2.43. The summed E-state index contributed by atoms with van der Waals surface area (Å²) in [4.78, 5) is 4.29. The molecule has 3 nitrogen and oxygen atoms in total. The summed E-state index contributed by atoms with van der Waals surface area (Å²) >= 11 is 2.04. The van der Waals surface area contributed by atoms with Gasteiger partial charge in [0.2, 0.25) is 0 Å². The Morgan fingerprint density at radius 3 is 2.61 bits per heavy atom. The standard InChI is InChI=1S/C14H16N2OS/c15-8-10-4-5-13(16-9-10)14(17)6-11-2-1-3-12(7-14)18-11/h4-5,9,11-12,17H,1-3,6-7H2. The topological polar surface area (TPSA) is 56.9 Å². The highest BCUT2D eigenvalue weighted by molar-refractivity contribution is 8.00. The fourth-order valence-electron chi connectivity index (χ4n) is 3.06. The maximum absolute atomic E-state index is 10.9. The van der Waals surface area contributed by atoms with Crippen LogP contribution in [0.15, 0.2) is 18.3 Å². The van der Waals surface area contributed by atoms with E-state index in [1.807, 2.05) is 17.8 Å². The molecule has 1 aromatic rings. The van der Waals surface area contributed by atoms with Crippen LogP contribution in [0.25, 0.3) is 0 Å². The second-order valence-electron chi connectivity index (χ2n) is 5.29. The highest BCUT2D eigenvalue weighted by Crippen LogP contribution is 2.48. The van der Waals surface area contributed by atoms with E-state index in [-0.39, 0.29) is 0 Å². The smallest absolute Gasteiger partial charge is 0.109 e. The van der Waals surface area contributed by atoms with Crippen LogP contribution in [0.5, 0.6) is 0 Å². The molecule has 0 aliphatic carbocycles. The van der Waals surface area contributed by atoms with E-state index < -0.39 is 5.60 Å². The number of rotatable bonds is 1. The summed E-state index contributed by atoms with van der Waals surface area (Å²) in [6.45, 7) is 0. The van der Waals surface area contributed by atoms with Crippen LogP contribution < -0.4 is 0 Å². The zero-order valence-corrected chi connectivity index (χ0v) is 11.0. The van der Waals surface area contributed by atoms with Crippen molar-refractivity contribution < 1.29 is 5.11 Å². The fraction of sp³-hybridized carbons (Fsp3) is 0.571. The molecule has 94 valence electrons. The Morgan fingerprint density at radius 1 is 1.33 bits per heavy atom. The van der Waals surface area contributed by atoms with Gasteiger partial charge in [0.25, 0.3) is 0 Å². The summed E-state index contributed by atoms with van der Waals surface area (Å²) in [5.74, 6) is 0. The van der Waals surface area contributed by atoms with Gasteiger partial charge in [-0.2, -0.15) is 17.0 Å². The predicted octanol–water partition coefficient (Wildman–Crippen LogP) is 2.59. The van der Waals surface area contributed by atoms with Crippen molar-refractivity contribution in [1.82, 2.24) is 4.98 Å². The molecule has 2 unspecified atom stereocenters. The number of fused-ring (bicyclic) bond motifs is 2. The molecule has 2 atom stereocenters. The second kappa shape index (κ2) is 4.56. The lowest BCUT2D eigenvalue weighted by atomic mass is 9.83. The van der Waals surface area contributed by atoms with E-state index in [0.29, 0.717) is 16.1 Å². The van der Waals surface area contributed by atoms with E-state index in [9.17, 15) is 5.11 Å². The normalized spacial score (nSPS) is 34.9. The second-order valence-corrected chi connectivity index (χ2v) is 6.90. The molecule has 1 aromatic heterocycles. The number of aliphatic hydroxyl groups is 1. The third-order valence-corrected chi connectivity index (χ3v) is 5.51. The first-order valence-electron chi connectivity index (χ1n) is 6.44. The lowest BCUT2D eigenvalue weighted by Crippen LogP contribution is -2.41. The number of nitriles is 1. The SMILES string of the molecule is N#Cc1ccc(C2(O)CC3CCCC(C2)S3)nc1. The average Bonchev–Trinajstić information content (AvgIpc) is 2.38. The lowest BCUT2D eigenvalue weighted by molar-refractivity contribution is 0.00405. The molecule has 0 spiro atoms. The predicted molar refractivity (Wildman–Crippen MR) is 71.1 cm³/mol. The average molecular weight is 260 g/mol. The molecule has 3 heterocycles. The van der Waals surface area contributed by atoms with E-state index in [0.717, 1.165) is 18.5 Å². The van der Waals surface area contributed by atoms with Crippen molar-refractivity contribution in [1.29, 1.82) is 5.26 Å². The van der Waals surface area contributed by atoms with Crippen LogP contribution in [0.4, 0.5) is 0 Å². The summed E-state index contributed by atoms with van der Waals surface area (Å²) in [7, 11) is 0. The number of thioether (sulfide) groups is 1. The van der Waals surface area contributed by atoms with Crippen LogP contribution in [-0.2, 0) is 5.60 Å². The van der Waals surface area contributed by atoms with E-state index in [2.05, 4.69) is 11.1 Å². The Balaban J connectivity index is 1.87. The van der Waals surface area contributed by atoms with Crippen LogP contribution in [0, 0.1) is 11.3 Å². The molecule has 1 N–H and O–H groups in total. The molecule has 3 rings (SSSR count). The third-order valence-electron chi connectivity index (χ3n) is 3.94. The van der Waals surface area contributed by atoms with Crippen molar-refractivity contribution in [2.24, 2.45) is 0 Å². The van der Waals surface area contributed by atoms with Crippen LogP contribution in [0.2, 0.25) is 0 Å². The summed E-state index contributed by atoms with van der Waals surface area (Å²) in [5.41, 5.74) is 0.501. The Morgan fingerprint density at radius 2 is 2.06 bits per heavy atom. The molecule has 0 saturated carbocycles. The van der Waals surface area contributed by atoms with Gasteiger partial charge in [-0.25, -0.2) is 0 Å². The van der Waals surface area contributed by atoms with Crippen molar-refractivity contribution in [2.75, 3.05) is 0 Å². The fourth-order valence-corrected chi connectivity index (χ4v) is 4.96. The summed E-state index contributed by atoms with van der Waals surface area (Å²) in [6, 6.07) is 5.62. The molecule has 18 heavy (non-hydrogen) atoms. The number of pyridine rings is 1. The maximum Gasteiger partial charge on any atom is 0.109 e. The molecule has 2 bridgehead atoms. The minimum Gasteiger partial charge on any atom is -0.383 e. The van der Waals surface area contributed by atoms with Gasteiger partial charge >= 0.3 is 0 Å². The molecule has 4 heteroatoms. The monoisotopic (exact) mass is 260 g/mol. The molecule has 2 aliphatic heterocycles. The molecular formula is C14H16N2OS. The van der Waals surface area contributed by atoms with Crippen molar-refractivity contribution in [2.45, 2.75) is 48.2 Å².